The molecule has 0 saturated carbocycles. The molecule has 0 unspecified atom stereocenters. The van der Waals surface area contributed by atoms with Crippen molar-refractivity contribution in [3.05, 3.63) is 105 Å². The molecular weight excluding hydrogens is 554 g/mol. The lowest BCUT2D eigenvalue weighted by Gasteiger charge is -2.29. The van der Waals surface area contributed by atoms with Crippen LogP contribution in [0.2, 0.25) is 0 Å². The summed E-state index contributed by atoms with van der Waals surface area (Å²) in [6.07, 6.45) is 5.22. The number of aryl methyl sites for hydroxylation is 1. The van der Waals surface area contributed by atoms with Crippen LogP contribution in [0, 0.1) is 0 Å². The van der Waals surface area contributed by atoms with Crippen LogP contribution in [-0.4, -0.2) is 50.6 Å². The molecule has 3 aromatic heterocycles. The zero-order valence-electron chi connectivity index (χ0n) is 25.5. The smallest absolute Gasteiger partial charge is 0.279 e. The van der Waals surface area contributed by atoms with Gasteiger partial charge in [-0.05, 0) is 52.9 Å². The molecule has 10 heteroatoms. The molecule has 0 atom stereocenters. The zero-order chi connectivity index (χ0) is 31.0. The Balaban J connectivity index is 1.36. The molecule has 3 N–H and O–H groups in total. The first-order valence-corrected chi connectivity index (χ1v) is 14.8. The summed E-state index contributed by atoms with van der Waals surface area (Å²) in [7, 11) is 1.68. The van der Waals surface area contributed by atoms with E-state index in [9.17, 15) is 14.7 Å². The molecule has 10 nitrogen and oxygen atoms in total. The van der Waals surface area contributed by atoms with Gasteiger partial charge in [0.1, 0.15) is 11.5 Å². The van der Waals surface area contributed by atoms with Crippen LogP contribution in [0.25, 0.3) is 27.6 Å². The van der Waals surface area contributed by atoms with Gasteiger partial charge in [-0.15, -0.1) is 0 Å². The number of fused-ring (bicyclic) bond motifs is 1. The Kier molecular flexibility index (Phi) is 7.79. The average molecular weight is 592 g/mol. The van der Waals surface area contributed by atoms with Gasteiger partial charge in [-0.1, -0.05) is 39.0 Å². The van der Waals surface area contributed by atoms with Gasteiger partial charge in [0.15, 0.2) is 0 Å². The standard InChI is InChI=1S/C34H37N7O3/c1-34(2,3)24-8-10-27-22(16-24)18-37-41(32(27)43)30-7-5-6-26(28(30)21-42)23-17-29(33(44)39(4)20-23)38-31-11-9-25(19-36-31)40-14-12-35-13-15-40/h5-11,16-20,35,42H,12-15,21H2,1-4H3,(H,36,38). The van der Waals surface area contributed by atoms with Crippen LogP contribution >= 0.6 is 0 Å². The number of hydrogen-bond donors (Lipinski definition) is 3. The molecule has 2 aromatic carbocycles. The Bertz CT molecular complexity index is 1950. The molecule has 1 aliphatic heterocycles. The second-order valence-electron chi connectivity index (χ2n) is 12.2. The number of rotatable bonds is 6. The number of piperazine rings is 1. The van der Waals surface area contributed by atoms with Crippen molar-refractivity contribution < 1.29 is 5.11 Å². The monoisotopic (exact) mass is 591 g/mol. The highest BCUT2D eigenvalue weighted by atomic mass is 16.3. The minimum Gasteiger partial charge on any atom is -0.392 e. The van der Waals surface area contributed by atoms with Gasteiger partial charge >= 0.3 is 0 Å². The third-order valence-corrected chi connectivity index (χ3v) is 8.18. The summed E-state index contributed by atoms with van der Waals surface area (Å²) in [5, 5.41) is 22.9. The maximum atomic E-state index is 13.6. The SMILES string of the molecule is Cn1cc(-c2cccc(-n3ncc4cc(C(C)(C)C)ccc4c3=O)c2CO)cc(Nc2ccc(N3CCNCC3)cn2)c1=O. The third-order valence-electron chi connectivity index (χ3n) is 8.18. The number of nitrogens with one attached hydrogen (secondary N) is 2. The third kappa shape index (κ3) is 5.61. The van der Waals surface area contributed by atoms with Crippen molar-refractivity contribution in [3.63, 3.8) is 0 Å². The summed E-state index contributed by atoms with van der Waals surface area (Å²) in [6, 6.07) is 16.9. The lowest BCUT2D eigenvalue weighted by molar-refractivity contribution is 0.282. The molecule has 0 spiro atoms. The molecule has 0 amide bonds. The van der Waals surface area contributed by atoms with Crippen molar-refractivity contribution in [3.8, 4) is 16.8 Å². The Morgan fingerprint density at radius 3 is 2.48 bits per heavy atom. The summed E-state index contributed by atoms with van der Waals surface area (Å²) in [5.41, 5.74) is 4.33. The van der Waals surface area contributed by atoms with Crippen LogP contribution in [0.1, 0.15) is 31.9 Å². The van der Waals surface area contributed by atoms with E-state index >= 15 is 0 Å². The van der Waals surface area contributed by atoms with E-state index in [1.807, 2.05) is 48.7 Å². The predicted molar refractivity (Wildman–Crippen MR) is 175 cm³/mol. The van der Waals surface area contributed by atoms with Crippen LogP contribution in [-0.2, 0) is 19.1 Å². The number of nitrogens with zero attached hydrogens (tertiary/aromatic N) is 5. The van der Waals surface area contributed by atoms with Crippen molar-refractivity contribution in [2.45, 2.75) is 32.8 Å². The molecule has 5 aromatic rings. The number of anilines is 3. The fourth-order valence-electron chi connectivity index (χ4n) is 5.66. The Morgan fingerprint density at radius 1 is 0.977 bits per heavy atom. The minimum atomic E-state index is -0.332. The van der Waals surface area contributed by atoms with E-state index in [-0.39, 0.29) is 23.1 Å². The number of aliphatic hydroxyl groups is 1. The first kappa shape index (κ1) is 29.3. The summed E-state index contributed by atoms with van der Waals surface area (Å²) in [6.45, 7) is 9.76. The molecule has 1 fully saturated rings. The fourth-order valence-corrected chi connectivity index (χ4v) is 5.66. The molecule has 0 aliphatic carbocycles. The molecular formula is C34H37N7O3. The lowest BCUT2D eigenvalue weighted by Crippen LogP contribution is -2.43. The molecule has 0 bridgehead atoms. The van der Waals surface area contributed by atoms with Gasteiger partial charge in [0.25, 0.3) is 11.1 Å². The van der Waals surface area contributed by atoms with Crippen molar-refractivity contribution in [1.82, 2.24) is 24.6 Å². The zero-order valence-corrected chi connectivity index (χ0v) is 25.5. The average Bonchev–Trinajstić information content (AvgIpc) is 3.03. The maximum Gasteiger partial charge on any atom is 0.279 e. The van der Waals surface area contributed by atoms with E-state index < -0.39 is 0 Å². The van der Waals surface area contributed by atoms with E-state index in [1.165, 1.54) is 9.25 Å². The first-order valence-electron chi connectivity index (χ1n) is 14.8. The first-order chi connectivity index (χ1) is 21.1. The Morgan fingerprint density at radius 2 is 1.77 bits per heavy atom. The summed E-state index contributed by atoms with van der Waals surface area (Å²) in [5.74, 6) is 0.552. The molecule has 0 radical (unpaired) electrons. The van der Waals surface area contributed by atoms with E-state index in [0.29, 0.717) is 39.3 Å². The summed E-state index contributed by atoms with van der Waals surface area (Å²) in [4.78, 5) is 33.6. The normalized spacial score (nSPS) is 13.8. The van der Waals surface area contributed by atoms with E-state index in [1.54, 1.807) is 31.6 Å². The quantitative estimate of drug-likeness (QED) is 0.270. The second kappa shape index (κ2) is 11.7. The molecule has 6 rings (SSSR count). The highest BCUT2D eigenvalue weighted by Gasteiger charge is 2.19. The number of hydrogen-bond acceptors (Lipinski definition) is 8. The lowest BCUT2D eigenvalue weighted by atomic mass is 9.86. The van der Waals surface area contributed by atoms with E-state index in [0.717, 1.165) is 42.8 Å². The largest absolute Gasteiger partial charge is 0.392 e. The van der Waals surface area contributed by atoms with Crippen LogP contribution in [0.5, 0.6) is 0 Å². The van der Waals surface area contributed by atoms with Gasteiger partial charge in [0, 0.05) is 55.9 Å². The van der Waals surface area contributed by atoms with Gasteiger partial charge in [-0.2, -0.15) is 9.78 Å². The van der Waals surface area contributed by atoms with Crippen LogP contribution in [0.15, 0.2) is 82.8 Å². The topological polar surface area (TPSA) is 117 Å². The van der Waals surface area contributed by atoms with Crippen LogP contribution in [0.3, 0.4) is 0 Å². The fraction of sp³-hybridized carbons (Fsp3) is 0.294. The van der Waals surface area contributed by atoms with E-state index in [2.05, 4.69) is 46.4 Å². The molecule has 1 saturated heterocycles. The predicted octanol–water partition coefficient (Wildman–Crippen LogP) is 4.09. The second-order valence-corrected chi connectivity index (χ2v) is 12.2. The van der Waals surface area contributed by atoms with Crippen molar-refractivity contribution in [1.29, 1.82) is 0 Å². The van der Waals surface area contributed by atoms with Gasteiger partial charge in [-0.25, -0.2) is 4.98 Å². The minimum absolute atomic E-state index is 0.0601. The maximum absolute atomic E-state index is 13.6. The van der Waals surface area contributed by atoms with Crippen molar-refractivity contribution in [2.75, 3.05) is 36.4 Å². The van der Waals surface area contributed by atoms with Gasteiger partial charge in [-0.3, -0.25) is 9.59 Å². The molecule has 226 valence electrons. The Labute approximate surface area is 255 Å². The van der Waals surface area contributed by atoms with Crippen LogP contribution in [0.4, 0.5) is 17.2 Å². The molecule has 4 heterocycles. The highest BCUT2D eigenvalue weighted by molar-refractivity contribution is 5.82. The van der Waals surface area contributed by atoms with Crippen LogP contribution < -0.4 is 26.7 Å². The highest BCUT2D eigenvalue weighted by Crippen LogP contribution is 2.30. The van der Waals surface area contributed by atoms with Gasteiger partial charge in [0.05, 0.1) is 35.8 Å². The number of pyridine rings is 2. The van der Waals surface area contributed by atoms with Crippen molar-refractivity contribution in [2.24, 2.45) is 7.05 Å². The van der Waals surface area contributed by atoms with Gasteiger partial charge < -0.3 is 25.2 Å². The Hall–Kier alpha value is -4.80. The van der Waals surface area contributed by atoms with Crippen molar-refractivity contribution >= 4 is 28.0 Å². The number of aromatic nitrogens is 4. The van der Waals surface area contributed by atoms with E-state index in [4.69, 9.17) is 0 Å². The molecule has 1 aliphatic rings. The number of aliphatic hydroxyl groups excluding tert-OH is 1. The summed E-state index contributed by atoms with van der Waals surface area (Å²) >= 11 is 0. The van der Waals surface area contributed by atoms with Gasteiger partial charge in [0.2, 0.25) is 0 Å². The summed E-state index contributed by atoms with van der Waals surface area (Å²) < 4.78 is 2.83. The molecule has 44 heavy (non-hydrogen) atoms. The number of benzene rings is 2.